The largest absolute Gasteiger partial charge is 0.463 e. The van der Waals surface area contributed by atoms with Gasteiger partial charge in [-0.1, -0.05) is 51.7 Å². The van der Waals surface area contributed by atoms with Crippen LogP contribution in [-0.2, 0) is 19.0 Å². The van der Waals surface area contributed by atoms with E-state index in [1.165, 1.54) is 25.7 Å². The zero-order valence-electron chi connectivity index (χ0n) is 21.2. The maximum atomic E-state index is 11.6. The van der Waals surface area contributed by atoms with Crippen LogP contribution in [0.3, 0.4) is 0 Å². The van der Waals surface area contributed by atoms with Crippen molar-refractivity contribution in [3.8, 4) is 0 Å². The molecule has 0 saturated heterocycles. The van der Waals surface area contributed by atoms with E-state index in [1.54, 1.807) is 0 Å². The fourth-order valence-electron chi connectivity index (χ4n) is 4.67. The van der Waals surface area contributed by atoms with Crippen LogP contribution < -0.4 is 0 Å². The summed E-state index contributed by atoms with van der Waals surface area (Å²) in [5.41, 5.74) is 0. The lowest BCUT2D eigenvalue weighted by Gasteiger charge is -2.23. The van der Waals surface area contributed by atoms with Crippen molar-refractivity contribution in [1.29, 1.82) is 0 Å². The average molecular weight is 455 g/mol. The van der Waals surface area contributed by atoms with Crippen LogP contribution in [-0.4, -0.2) is 49.7 Å². The molecule has 0 aliphatic heterocycles. The van der Waals surface area contributed by atoms with Gasteiger partial charge in [-0.15, -0.1) is 0 Å². The lowest BCUT2D eigenvalue weighted by atomic mass is 9.85. The van der Waals surface area contributed by atoms with Crippen molar-refractivity contribution in [2.24, 2.45) is 17.8 Å². The van der Waals surface area contributed by atoms with E-state index in [-0.39, 0.29) is 18.2 Å². The van der Waals surface area contributed by atoms with E-state index in [2.05, 4.69) is 26.0 Å². The number of ether oxygens (including phenoxy) is 3. The van der Waals surface area contributed by atoms with Gasteiger partial charge in [-0.25, -0.2) is 0 Å². The molecule has 32 heavy (non-hydrogen) atoms. The maximum absolute atomic E-state index is 11.6. The van der Waals surface area contributed by atoms with Gasteiger partial charge in [0, 0.05) is 19.6 Å². The zero-order chi connectivity index (χ0) is 23.6. The van der Waals surface area contributed by atoms with Crippen LogP contribution in [0.1, 0.15) is 98.3 Å². The highest BCUT2D eigenvalue weighted by Crippen LogP contribution is 2.41. The third kappa shape index (κ3) is 13.6. The van der Waals surface area contributed by atoms with Gasteiger partial charge in [0.2, 0.25) is 0 Å². The lowest BCUT2D eigenvalue weighted by molar-refractivity contribution is -0.147. The SMILES string of the molecule is CCCCCCCOCCOCC[C@@H]1C(C/C=C\CCCC(=O)OC(C)C)[C@@H](O)C[C@H]1C. The highest BCUT2D eigenvalue weighted by Gasteiger charge is 2.38. The molecule has 1 rings (SSSR count). The van der Waals surface area contributed by atoms with E-state index in [9.17, 15) is 9.90 Å². The Bertz CT molecular complexity index is 490. The molecule has 0 aromatic carbocycles. The van der Waals surface area contributed by atoms with E-state index in [0.29, 0.717) is 37.4 Å². The van der Waals surface area contributed by atoms with Gasteiger partial charge in [-0.05, 0) is 70.1 Å². The number of unbranched alkanes of at least 4 members (excludes halogenated alkanes) is 5. The number of hydrogen-bond acceptors (Lipinski definition) is 5. The first-order chi connectivity index (χ1) is 15.5. The van der Waals surface area contributed by atoms with Crippen molar-refractivity contribution in [3.63, 3.8) is 0 Å². The molecule has 0 radical (unpaired) electrons. The highest BCUT2D eigenvalue weighted by atomic mass is 16.5. The van der Waals surface area contributed by atoms with Gasteiger partial charge >= 0.3 is 5.97 Å². The number of hydrogen-bond donors (Lipinski definition) is 1. The normalized spacial score (nSPS) is 23.4. The van der Waals surface area contributed by atoms with Gasteiger partial charge in [0.1, 0.15) is 0 Å². The third-order valence-electron chi connectivity index (χ3n) is 6.44. The maximum Gasteiger partial charge on any atom is 0.306 e. The predicted molar refractivity (Wildman–Crippen MR) is 131 cm³/mol. The van der Waals surface area contributed by atoms with Crippen LogP contribution in [0.2, 0.25) is 0 Å². The summed E-state index contributed by atoms with van der Waals surface area (Å²) in [6.45, 7) is 11.1. The molecule has 0 heterocycles. The second kappa shape index (κ2) is 18.5. The fraction of sp³-hybridized carbons (Fsp3) is 0.889. The van der Waals surface area contributed by atoms with Crippen LogP contribution in [0.25, 0.3) is 0 Å². The van der Waals surface area contributed by atoms with E-state index in [1.807, 2.05) is 13.8 Å². The zero-order valence-corrected chi connectivity index (χ0v) is 21.2. The smallest absolute Gasteiger partial charge is 0.306 e. The van der Waals surface area contributed by atoms with Crippen molar-refractivity contribution >= 4 is 5.97 Å². The molecule has 188 valence electrons. The minimum Gasteiger partial charge on any atom is -0.463 e. The summed E-state index contributed by atoms with van der Waals surface area (Å²) in [5, 5.41) is 10.5. The third-order valence-corrected chi connectivity index (χ3v) is 6.44. The first-order valence-electron chi connectivity index (χ1n) is 13.1. The Hall–Kier alpha value is -0.910. The van der Waals surface area contributed by atoms with Crippen molar-refractivity contribution < 1.29 is 24.1 Å². The molecule has 0 bridgehead atoms. The molecule has 5 heteroatoms. The standard InChI is InChI=1S/C27H50O5/c1-5-6-7-10-13-17-30-19-20-31-18-16-24-23(4)21-26(28)25(24)14-11-8-9-12-15-27(29)32-22(2)3/h8,11,22-26,28H,5-7,9-10,12-21H2,1-4H3/b11-8-/t23-,24+,25?,26+/m1/s1. The summed E-state index contributed by atoms with van der Waals surface area (Å²) in [4.78, 5) is 11.6. The highest BCUT2D eigenvalue weighted by molar-refractivity contribution is 5.69. The monoisotopic (exact) mass is 454 g/mol. The molecular formula is C27H50O5. The predicted octanol–water partition coefficient (Wildman–Crippen LogP) is 6.08. The van der Waals surface area contributed by atoms with Crippen LogP contribution in [0, 0.1) is 17.8 Å². The van der Waals surface area contributed by atoms with E-state index in [0.717, 1.165) is 51.7 Å². The Labute approximate surface area is 197 Å². The number of aliphatic hydroxyl groups excluding tert-OH is 1. The van der Waals surface area contributed by atoms with Crippen LogP contribution in [0.15, 0.2) is 12.2 Å². The minimum absolute atomic E-state index is 0.0438. The quantitative estimate of drug-likeness (QED) is 0.145. The molecule has 0 aromatic heterocycles. The number of aliphatic hydroxyl groups is 1. The summed E-state index contributed by atoms with van der Waals surface area (Å²) in [7, 11) is 0. The number of allylic oxidation sites excluding steroid dienone is 2. The first kappa shape index (κ1) is 29.1. The minimum atomic E-state index is -0.225. The van der Waals surface area contributed by atoms with E-state index >= 15 is 0 Å². The molecule has 1 N–H and O–H groups in total. The second-order valence-corrected chi connectivity index (χ2v) is 9.67. The molecule has 1 unspecified atom stereocenters. The van der Waals surface area contributed by atoms with Gasteiger partial charge in [-0.3, -0.25) is 4.79 Å². The van der Waals surface area contributed by atoms with Gasteiger partial charge in [0.15, 0.2) is 0 Å². The van der Waals surface area contributed by atoms with Gasteiger partial charge < -0.3 is 19.3 Å². The molecule has 0 spiro atoms. The molecule has 0 aromatic rings. The van der Waals surface area contributed by atoms with Crippen molar-refractivity contribution in [2.45, 2.75) is 111 Å². The van der Waals surface area contributed by atoms with Gasteiger partial charge in [0.05, 0.1) is 25.4 Å². The Kier molecular flexibility index (Phi) is 16.8. The molecule has 4 atom stereocenters. The summed E-state index contributed by atoms with van der Waals surface area (Å²) in [6, 6.07) is 0. The average Bonchev–Trinajstić information content (AvgIpc) is 3.00. The second-order valence-electron chi connectivity index (χ2n) is 9.67. The Morgan fingerprint density at radius 2 is 1.69 bits per heavy atom. The summed E-state index contributed by atoms with van der Waals surface area (Å²) in [6.07, 6.45) is 15.3. The Morgan fingerprint density at radius 3 is 2.41 bits per heavy atom. The molecule has 1 saturated carbocycles. The van der Waals surface area contributed by atoms with E-state index < -0.39 is 0 Å². The Morgan fingerprint density at radius 1 is 0.969 bits per heavy atom. The topological polar surface area (TPSA) is 65.0 Å². The lowest BCUT2D eigenvalue weighted by Crippen LogP contribution is -2.21. The van der Waals surface area contributed by atoms with Gasteiger partial charge in [-0.2, -0.15) is 0 Å². The number of carbonyl (C=O) groups excluding carboxylic acids is 1. The Balaban J connectivity index is 2.14. The van der Waals surface area contributed by atoms with Crippen LogP contribution >= 0.6 is 0 Å². The number of rotatable bonds is 19. The molecular weight excluding hydrogens is 404 g/mol. The number of carbonyl (C=O) groups is 1. The summed E-state index contributed by atoms with van der Waals surface area (Å²) < 4.78 is 16.6. The summed E-state index contributed by atoms with van der Waals surface area (Å²) in [5.74, 6) is 1.20. The molecule has 5 nitrogen and oxygen atoms in total. The van der Waals surface area contributed by atoms with Crippen molar-refractivity contribution in [1.82, 2.24) is 0 Å². The van der Waals surface area contributed by atoms with Gasteiger partial charge in [0.25, 0.3) is 0 Å². The van der Waals surface area contributed by atoms with Crippen LogP contribution in [0.4, 0.5) is 0 Å². The first-order valence-corrected chi connectivity index (χ1v) is 13.1. The molecule has 1 aliphatic rings. The molecule has 1 fully saturated rings. The molecule has 0 amide bonds. The number of esters is 1. The summed E-state index contributed by atoms with van der Waals surface area (Å²) >= 11 is 0. The van der Waals surface area contributed by atoms with Crippen molar-refractivity contribution in [3.05, 3.63) is 12.2 Å². The van der Waals surface area contributed by atoms with E-state index in [4.69, 9.17) is 14.2 Å². The fourth-order valence-corrected chi connectivity index (χ4v) is 4.67. The van der Waals surface area contributed by atoms with Crippen molar-refractivity contribution in [2.75, 3.05) is 26.4 Å². The van der Waals surface area contributed by atoms with Crippen LogP contribution in [0.5, 0.6) is 0 Å². The molecule has 1 aliphatic carbocycles.